The molecule has 0 unspecified atom stereocenters. The maximum atomic E-state index is 13.3. The van der Waals surface area contributed by atoms with Crippen molar-refractivity contribution in [1.82, 2.24) is 4.90 Å². The maximum absolute atomic E-state index is 13.3. The first-order valence-corrected chi connectivity index (χ1v) is 6.70. The van der Waals surface area contributed by atoms with Crippen LogP contribution < -0.4 is 0 Å². The van der Waals surface area contributed by atoms with Gasteiger partial charge < -0.3 is 0 Å². The first kappa shape index (κ1) is 14.2. The molecule has 0 atom stereocenters. The second kappa shape index (κ2) is 6.26. The standard InChI is InChI=1S/C15H14BrF2N/c1-19(9-11-2-4-14(17)5-3-11)10-12-6-13(16)8-15(18)7-12/h2-8H,9-10H2,1H3. The van der Waals surface area contributed by atoms with Gasteiger partial charge in [0, 0.05) is 17.6 Å². The van der Waals surface area contributed by atoms with E-state index in [1.54, 1.807) is 12.1 Å². The van der Waals surface area contributed by atoms with Crippen LogP contribution >= 0.6 is 15.9 Å². The van der Waals surface area contributed by atoms with Gasteiger partial charge in [-0.1, -0.05) is 28.1 Å². The van der Waals surface area contributed by atoms with Crippen molar-refractivity contribution in [2.75, 3.05) is 7.05 Å². The highest BCUT2D eigenvalue weighted by molar-refractivity contribution is 9.10. The molecular weight excluding hydrogens is 312 g/mol. The van der Waals surface area contributed by atoms with Crippen molar-refractivity contribution in [3.63, 3.8) is 0 Å². The fraction of sp³-hybridized carbons (Fsp3) is 0.200. The summed E-state index contributed by atoms with van der Waals surface area (Å²) in [7, 11) is 1.95. The van der Waals surface area contributed by atoms with E-state index in [0.717, 1.165) is 15.6 Å². The van der Waals surface area contributed by atoms with Gasteiger partial charge in [-0.2, -0.15) is 0 Å². The van der Waals surface area contributed by atoms with Crippen LogP contribution in [0.15, 0.2) is 46.9 Å². The van der Waals surface area contributed by atoms with E-state index >= 15 is 0 Å². The molecule has 0 radical (unpaired) electrons. The van der Waals surface area contributed by atoms with Crippen LogP contribution in [-0.2, 0) is 13.1 Å². The van der Waals surface area contributed by atoms with Crippen LogP contribution in [0.4, 0.5) is 8.78 Å². The Hall–Kier alpha value is -1.26. The van der Waals surface area contributed by atoms with Gasteiger partial charge in [-0.3, -0.25) is 4.90 Å². The molecule has 2 rings (SSSR count). The lowest BCUT2D eigenvalue weighted by Crippen LogP contribution is -2.17. The van der Waals surface area contributed by atoms with Gasteiger partial charge in [0.05, 0.1) is 0 Å². The Morgan fingerprint density at radius 1 is 0.895 bits per heavy atom. The predicted molar refractivity (Wildman–Crippen MR) is 75.7 cm³/mol. The molecule has 0 saturated carbocycles. The van der Waals surface area contributed by atoms with Crippen molar-refractivity contribution in [3.05, 3.63) is 69.7 Å². The summed E-state index contributed by atoms with van der Waals surface area (Å²) in [6.07, 6.45) is 0. The summed E-state index contributed by atoms with van der Waals surface area (Å²) in [6.45, 7) is 1.32. The van der Waals surface area contributed by atoms with Crippen molar-refractivity contribution in [3.8, 4) is 0 Å². The van der Waals surface area contributed by atoms with Crippen molar-refractivity contribution >= 4 is 15.9 Å². The van der Waals surface area contributed by atoms with Gasteiger partial charge >= 0.3 is 0 Å². The third-order valence-corrected chi connectivity index (χ3v) is 3.20. The molecule has 0 spiro atoms. The first-order valence-electron chi connectivity index (χ1n) is 5.91. The Kier molecular flexibility index (Phi) is 4.66. The number of rotatable bonds is 4. The molecule has 0 aliphatic heterocycles. The van der Waals surface area contributed by atoms with E-state index in [-0.39, 0.29) is 11.6 Å². The van der Waals surface area contributed by atoms with Crippen LogP contribution in [0.3, 0.4) is 0 Å². The molecular formula is C15H14BrF2N. The van der Waals surface area contributed by atoms with Gasteiger partial charge in [-0.05, 0) is 48.5 Å². The Balaban J connectivity index is 2.00. The minimum Gasteiger partial charge on any atom is -0.298 e. The Bertz CT molecular complexity index is 534. The normalized spacial score (nSPS) is 11.0. The van der Waals surface area contributed by atoms with Crippen LogP contribution in [0, 0.1) is 11.6 Å². The van der Waals surface area contributed by atoms with Gasteiger partial charge in [0.25, 0.3) is 0 Å². The molecule has 0 aliphatic carbocycles. The van der Waals surface area contributed by atoms with Crippen LogP contribution in [0.5, 0.6) is 0 Å². The summed E-state index contributed by atoms with van der Waals surface area (Å²) in [5.74, 6) is -0.486. The zero-order chi connectivity index (χ0) is 13.8. The van der Waals surface area contributed by atoms with E-state index in [1.807, 2.05) is 13.1 Å². The van der Waals surface area contributed by atoms with E-state index in [0.29, 0.717) is 13.1 Å². The molecule has 2 aromatic rings. The van der Waals surface area contributed by atoms with Crippen LogP contribution in [0.1, 0.15) is 11.1 Å². The molecule has 0 N–H and O–H groups in total. The third-order valence-electron chi connectivity index (χ3n) is 2.74. The molecule has 1 nitrogen and oxygen atoms in total. The van der Waals surface area contributed by atoms with E-state index in [9.17, 15) is 8.78 Å². The molecule has 0 bridgehead atoms. The highest BCUT2D eigenvalue weighted by atomic mass is 79.9. The largest absolute Gasteiger partial charge is 0.298 e. The summed E-state index contributed by atoms with van der Waals surface area (Å²) in [5, 5.41) is 0. The average molecular weight is 326 g/mol. The minimum atomic E-state index is -0.250. The first-order chi connectivity index (χ1) is 9.02. The molecule has 0 fully saturated rings. The van der Waals surface area contributed by atoms with Gasteiger partial charge in [0.2, 0.25) is 0 Å². The molecule has 0 amide bonds. The summed E-state index contributed by atoms with van der Waals surface area (Å²) < 4.78 is 26.8. The molecule has 19 heavy (non-hydrogen) atoms. The molecule has 4 heteroatoms. The Morgan fingerprint density at radius 2 is 1.53 bits per heavy atom. The predicted octanol–water partition coefficient (Wildman–Crippen LogP) is 4.36. The lowest BCUT2D eigenvalue weighted by atomic mass is 10.2. The number of halogens is 3. The van der Waals surface area contributed by atoms with Crippen LogP contribution in [-0.4, -0.2) is 11.9 Å². The lowest BCUT2D eigenvalue weighted by Gasteiger charge is -2.17. The molecule has 100 valence electrons. The van der Waals surface area contributed by atoms with Gasteiger partial charge in [0.1, 0.15) is 11.6 Å². The number of nitrogens with zero attached hydrogens (tertiary/aromatic N) is 1. The zero-order valence-corrected chi connectivity index (χ0v) is 12.1. The number of hydrogen-bond acceptors (Lipinski definition) is 1. The summed E-state index contributed by atoms with van der Waals surface area (Å²) in [4.78, 5) is 2.05. The summed E-state index contributed by atoms with van der Waals surface area (Å²) in [6, 6.07) is 11.3. The topological polar surface area (TPSA) is 3.24 Å². The molecule has 0 saturated heterocycles. The molecule has 0 aliphatic rings. The average Bonchev–Trinajstić information content (AvgIpc) is 2.30. The third kappa shape index (κ3) is 4.40. The van der Waals surface area contributed by atoms with Gasteiger partial charge in [-0.15, -0.1) is 0 Å². The van der Waals surface area contributed by atoms with E-state index < -0.39 is 0 Å². The van der Waals surface area contributed by atoms with Gasteiger partial charge in [-0.25, -0.2) is 8.78 Å². The highest BCUT2D eigenvalue weighted by Crippen LogP contribution is 2.17. The van der Waals surface area contributed by atoms with E-state index in [2.05, 4.69) is 20.8 Å². The van der Waals surface area contributed by atoms with E-state index in [1.165, 1.54) is 24.3 Å². The zero-order valence-electron chi connectivity index (χ0n) is 10.5. The molecule has 0 heterocycles. The highest BCUT2D eigenvalue weighted by Gasteiger charge is 2.04. The quantitative estimate of drug-likeness (QED) is 0.807. The number of hydrogen-bond donors (Lipinski definition) is 0. The van der Waals surface area contributed by atoms with E-state index in [4.69, 9.17) is 0 Å². The van der Waals surface area contributed by atoms with Crippen LogP contribution in [0.25, 0.3) is 0 Å². The van der Waals surface area contributed by atoms with Crippen molar-refractivity contribution in [1.29, 1.82) is 0 Å². The minimum absolute atomic E-state index is 0.236. The Labute approximate surface area is 120 Å². The van der Waals surface area contributed by atoms with Crippen molar-refractivity contribution < 1.29 is 8.78 Å². The smallest absolute Gasteiger partial charge is 0.124 e. The van der Waals surface area contributed by atoms with Crippen LogP contribution in [0.2, 0.25) is 0 Å². The monoisotopic (exact) mass is 325 g/mol. The van der Waals surface area contributed by atoms with Crippen molar-refractivity contribution in [2.45, 2.75) is 13.1 Å². The lowest BCUT2D eigenvalue weighted by molar-refractivity contribution is 0.318. The molecule has 0 aromatic heterocycles. The summed E-state index contributed by atoms with van der Waals surface area (Å²) >= 11 is 3.28. The Morgan fingerprint density at radius 3 is 2.16 bits per heavy atom. The second-order valence-corrected chi connectivity index (χ2v) is 5.49. The van der Waals surface area contributed by atoms with Crippen molar-refractivity contribution in [2.24, 2.45) is 0 Å². The SMILES string of the molecule is CN(Cc1ccc(F)cc1)Cc1cc(F)cc(Br)c1. The maximum Gasteiger partial charge on any atom is 0.124 e. The second-order valence-electron chi connectivity index (χ2n) is 4.58. The van der Waals surface area contributed by atoms with Gasteiger partial charge in [0.15, 0.2) is 0 Å². The summed E-state index contributed by atoms with van der Waals surface area (Å²) in [5.41, 5.74) is 1.93. The molecule has 2 aromatic carbocycles. The number of benzene rings is 2. The fourth-order valence-electron chi connectivity index (χ4n) is 1.97. The fourth-order valence-corrected chi connectivity index (χ4v) is 2.48.